The fraction of sp³-hybridized carbons (Fsp3) is 0.938. The van der Waals surface area contributed by atoms with Crippen molar-refractivity contribution < 1.29 is 4.79 Å². The summed E-state index contributed by atoms with van der Waals surface area (Å²) in [7, 11) is 0. The number of hydrogen-bond donors (Lipinski definition) is 2. The van der Waals surface area contributed by atoms with Crippen molar-refractivity contribution in [3.63, 3.8) is 0 Å². The zero-order chi connectivity index (χ0) is 13.9. The van der Waals surface area contributed by atoms with Crippen molar-refractivity contribution in [2.24, 2.45) is 11.8 Å². The van der Waals surface area contributed by atoms with Crippen molar-refractivity contribution in [2.45, 2.75) is 57.5 Å². The van der Waals surface area contributed by atoms with E-state index in [0.717, 1.165) is 19.5 Å². The lowest BCUT2D eigenvalue weighted by Gasteiger charge is -2.28. The second-order valence-corrected chi connectivity index (χ2v) is 7.00. The zero-order valence-electron chi connectivity index (χ0n) is 12.7. The number of fused-ring (bicyclic) bond motifs is 1. The van der Waals surface area contributed by atoms with Crippen molar-refractivity contribution in [1.29, 1.82) is 0 Å². The minimum absolute atomic E-state index is 0.279. The molecule has 1 amide bonds. The minimum Gasteiger partial charge on any atom is -0.352 e. The van der Waals surface area contributed by atoms with Crippen LogP contribution in [-0.2, 0) is 4.79 Å². The Morgan fingerprint density at radius 1 is 1.30 bits per heavy atom. The van der Waals surface area contributed by atoms with E-state index < -0.39 is 0 Å². The first kappa shape index (κ1) is 14.3. The Hall–Kier alpha value is -0.610. The van der Waals surface area contributed by atoms with Crippen LogP contribution in [0.15, 0.2) is 0 Å². The van der Waals surface area contributed by atoms with Gasteiger partial charge in [0.05, 0.1) is 0 Å². The van der Waals surface area contributed by atoms with E-state index in [1.54, 1.807) is 0 Å². The molecule has 2 N–H and O–H groups in total. The normalized spacial score (nSPS) is 35.8. The van der Waals surface area contributed by atoms with E-state index in [9.17, 15) is 4.79 Å². The number of nitrogens with zero attached hydrogens (tertiary/aromatic N) is 1. The highest BCUT2D eigenvalue weighted by molar-refractivity contribution is 5.76. The van der Waals surface area contributed by atoms with E-state index in [4.69, 9.17) is 0 Å². The average Bonchev–Trinajstić information content (AvgIpc) is 3.05. The SMILES string of the molecule is CC(CC(=O)NC1CCN2CCCC12)C1CCCNC1. The Morgan fingerprint density at radius 2 is 2.20 bits per heavy atom. The van der Waals surface area contributed by atoms with Gasteiger partial charge in [0.1, 0.15) is 0 Å². The van der Waals surface area contributed by atoms with E-state index in [2.05, 4.69) is 22.5 Å². The smallest absolute Gasteiger partial charge is 0.220 e. The highest BCUT2D eigenvalue weighted by Crippen LogP contribution is 2.28. The summed E-state index contributed by atoms with van der Waals surface area (Å²) in [5.74, 6) is 1.46. The van der Waals surface area contributed by atoms with Gasteiger partial charge in [0.15, 0.2) is 0 Å². The van der Waals surface area contributed by atoms with Crippen LogP contribution in [0.4, 0.5) is 0 Å². The van der Waals surface area contributed by atoms with Gasteiger partial charge in [0.25, 0.3) is 0 Å². The summed E-state index contributed by atoms with van der Waals surface area (Å²) < 4.78 is 0. The van der Waals surface area contributed by atoms with Crippen molar-refractivity contribution in [3.05, 3.63) is 0 Å². The van der Waals surface area contributed by atoms with Gasteiger partial charge in [-0.1, -0.05) is 6.92 Å². The van der Waals surface area contributed by atoms with Crippen LogP contribution in [-0.4, -0.2) is 49.1 Å². The van der Waals surface area contributed by atoms with Crippen molar-refractivity contribution in [1.82, 2.24) is 15.5 Å². The lowest BCUT2D eigenvalue weighted by Crippen LogP contribution is -2.43. The Labute approximate surface area is 122 Å². The van der Waals surface area contributed by atoms with Crippen LogP contribution in [0.5, 0.6) is 0 Å². The summed E-state index contributed by atoms with van der Waals surface area (Å²) in [6.45, 7) is 6.90. The van der Waals surface area contributed by atoms with Gasteiger partial charge < -0.3 is 10.6 Å². The first-order valence-electron chi connectivity index (χ1n) is 8.48. The molecule has 20 heavy (non-hydrogen) atoms. The molecule has 3 rings (SSSR count). The van der Waals surface area contributed by atoms with E-state index in [0.29, 0.717) is 30.3 Å². The highest BCUT2D eigenvalue weighted by atomic mass is 16.1. The Bertz CT molecular complexity index is 341. The fourth-order valence-corrected chi connectivity index (χ4v) is 4.34. The third-order valence-electron chi connectivity index (χ3n) is 5.60. The molecule has 0 aromatic rings. The largest absolute Gasteiger partial charge is 0.352 e. The molecular formula is C16H29N3O. The average molecular weight is 279 g/mol. The fourth-order valence-electron chi connectivity index (χ4n) is 4.34. The molecule has 4 unspecified atom stereocenters. The second-order valence-electron chi connectivity index (χ2n) is 7.00. The van der Waals surface area contributed by atoms with Crippen LogP contribution >= 0.6 is 0 Å². The molecule has 0 aliphatic carbocycles. The zero-order valence-corrected chi connectivity index (χ0v) is 12.7. The van der Waals surface area contributed by atoms with Gasteiger partial charge in [-0.25, -0.2) is 0 Å². The number of amides is 1. The standard InChI is InChI=1S/C16H29N3O/c1-12(13-4-2-7-17-11-13)10-16(20)18-14-6-9-19-8-3-5-15(14)19/h12-15,17H,2-11H2,1H3,(H,18,20). The third kappa shape index (κ3) is 3.17. The topological polar surface area (TPSA) is 44.4 Å². The van der Waals surface area contributed by atoms with Crippen LogP contribution in [0.2, 0.25) is 0 Å². The first-order chi connectivity index (χ1) is 9.74. The molecule has 3 aliphatic rings. The summed E-state index contributed by atoms with van der Waals surface area (Å²) in [5.41, 5.74) is 0. The molecule has 3 heterocycles. The number of rotatable bonds is 4. The quantitative estimate of drug-likeness (QED) is 0.817. The Morgan fingerprint density at radius 3 is 3.00 bits per heavy atom. The molecule has 4 nitrogen and oxygen atoms in total. The summed E-state index contributed by atoms with van der Waals surface area (Å²) in [4.78, 5) is 14.8. The lowest BCUT2D eigenvalue weighted by molar-refractivity contribution is -0.123. The van der Waals surface area contributed by atoms with E-state index in [1.807, 2.05) is 0 Å². The van der Waals surface area contributed by atoms with Crippen molar-refractivity contribution >= 4 is 5.91 Å². The third-order valence-corrected chi connectivity index (χ3v) is 5.60. The predicted octanol–water partition coefficient (Wildman–Crippen LogP) is 1.37. The van der Waals surface area contributed by atoms with E-state index >= 15 is 0 Å². The van der Waals surface area contributed by atoms with Gasteiger partial charge in [-0.3, -0.25) is 9.69 Å². The van der Waals surface area contributed by atoms with Gasteiger partial charge in [0, 0.05) is 25.0 Å². The van der Waals surface area contributed by atoms with Gasteiger partial charge in [0.2, 0.25) is 5.91 Å². The van der Waals surface area contributed by atoms with Gasteiger partial charge in [-0.05, 0) is 63.6 Å². The minimum atomic E-state index is 0.279. The number of piperidine rings is 1. The number of carbonyl (C=O) groups is 1. The molecule has 0 aromatic heterocycles. The summed E-state index contributed by atoms with van der Waals surface area (Å²) >= 11 is 0. The molecule has 4 heteroatoms. The molecular weight excluding hydrogens is 250 g/mol. The van der Waals surface area contributed by atoms with E-state index in [1.165, 1.54) is 38.8 Å². The Balaban J connectivity index is 1.44. The van der Waals surface area contributed by atoms with Gasteiger partial charge in [-0.2, -0.15) is 0 Å². The van der Waals surface area contributed by atoms with Crippen LogP contribution in [0.25, 0.3) is 0 Å². The van der Waals surface area contributed by atoms with Crippen molar-refractivity contribution in [3.8, 4) is 0 Å². The molecule has 3 saturated heterocycles. The maximum atomic E-state index is 12.3. The summed E-state index contributed by atoms with van der Waals surface area (Å²) in [5, 5.41) is 6.77. The molecule has 0 saturated carbocycles. The summed E-state index contributed by atoms with van der Waals surface area (Å²) in [6.07, 6.45) is 6.97. The van der Waals surface area contributed by atoms with E-state index in [-0.39, 0.29) is 5.91 Å². The van der Waals surface area contributed by atoms with Crippen molar-refractivity contribution in [2.75, 3.05) is 26.2 Å². The first-order valence-corrected chi connectivity index (χ1v) is 8.48. The summed E-state index contributed by atoms with van der Waals surface area (Å²) in [6, 6.07) is 1.05. The number of hydrogen-bond acceptors (Lipinski definition) is 3. The molecule has 0 spiro atoms. The maximum Gasteiger partial charge on any atom is 0.220 e. The predicted molar refractivity (Wildman–Crippen MR) is 80.5 cm³/mol. The molecule has 0 aromatic carbocycles. The Kier molecular flexibility index (Phi) is 4.61. The van der Waals surface area contributed by atoms with Crippen LogP contribution in [0.1, 0.15) is 45.4 Å². The molecule has 0 bridgehead atoms. The van der Waals surface area contributed by atoms with Gasteiger partial charge in [-0.15, -0.1) is 0 Å². The molecule has 3 fully saturated rings. The second kappa shape index (κ2) is 6.44. The van der Waals surface area contributed by atoms with Crippen LogP contribution in [0, 0.1) is 11.8 Å². The maximum absolute atomic E-state index is 12.3. The molecule has 0 radical (unpaired) electrons. The van der Waals surface area contributed by atoms with Crippen LogP contribution < -0.4 is 10.6 Å². The van der Waals surface area contributed by atoms with Gasteiger partial charge >= 0.3 is 0 Å². The number of carbonyl (C=O) groups excluding carboxylic acids is 1. The molecule has 114 valence electrons. The highest BCUT2D eigenvalue weighted by Gasteiger charge is 2.37. The number of nitrogens with one attached hydrogen (secondary N) is 2. The molecule has 4 atom stereocenters. The van der Waals surface area contributed by atoms with Crippen LogP contribution in [0.3, 0.4) is 0 Å². The molecule has 3 aliphatic heterocycles. The monoisotopic (exact) mass is 279 g/mol. The lowest BCUT2D eigenvalue weighted by atomic mass is 9.85.